The van der Waals surface area contributed by atoms with Crippen molar-refractivity contribution in [3.8, 4) is 5.69 Å². The third-order valence-electron chi connectivity index (χ3n) is 4.16. The number of nitrogens with one attached hydrogen (secondary N) is 1. The molecule has 10 heteroatoms. The number of pyridine rings is 1. The van der Waals surface area contributed by atoms with Crippen molar-refractivity contribution in [1.29, 1.82) is 0 Å². The molecule has 4 rings (SSSR count). The molecule has 1 aromatic carbocycles. The number of alkyl halides is 4. The molecule has 2 heterocycles. The normalized spacial score (nSPS) is 19.3. The van der Waals surface area contributed by atoms with E-state index in [4.69, 9.17) is 11.6 Å². The monoisotopic (exact) mass is 398 g/mol. The number of anilines is 1. The van der Waals surface area contributed by atoms with Gasteiger partial charge in [0.2, 0.25) is 0 Å². The van der Waals surface area contributed by atoms with E-state index < -0.39 is 29.8 Å². The first-order valence-electron chi connectivity index (χ1n) is 7.92. The van der Waals surface area contributed by atoms with Crippen molar-refractivity contribution in [2.75, 3.05) is 5.32 Å². The Hall–Kier alpha value is -2.68. The molecule has 0 amide bonds. The van der Waals surface area contributed by atoms with Crippen LogP contribution in [-0.2, 0) is 6.18 Å². The summed E-state index contributed by atoms with van der Waals surface area (Å²) < 4.78 is 53.6. The highest BCUT2D eigenvalue weighted by atomic mass is 35.5. The summed E-state index contributed by atoms with van der Waals surface area (Å²) in [5.74, 6) is -0.00956. The lowest BCUT2D eigenvalue weighted by Crippen LogP contribution is -2.25. The molecule has 0 saturated heterocycles. The summed E-state index contributed by atoms with van der Waals surface area (Å²) in [6.07, 6.45) is -5.55. The quantitative estimate of drug-likeness (QED) is 0.678. The maximum atomic E-state index is 13.2. The van der Waals surface area contributed by atoms with Gasteiger partial charge in [-0.25, -0.2) is 18.7 Å². The molecular formula is C17H11ClF4N4O. The maximum Gasteiger partial charge on any atom is 0.433 e. The van der Waals surface area contributed by atoms with Crippen molar-refractivity contribution in [2.45, 2.75) is 24.8 Å². The minimum atomic E-state index is -4.70. The molecule has 1 fully saturated rings. The highest BCUT2D eigenvalue weighted by Crippen LogP contribution is 2.34. The Balaban J connectivity index is 2.01. The predicted octanol–water partition coefficient (Wildman–Crippen LogP) is 3.98. The van der Waals surface area contributed by atoms with Crippen LogP contribution in [0.4, 0.5) is 23.4 Å². The van der Waals surface area contributed by atoms with Gasteiger partial charge >= 0.3 is 11.9 Å². The minimum Gasteiger partial charge on any atom is -0.364 e. The van der Waals surface area contributed by atoms with E-state index in [1.807, 2.05) is 0 Å². The van der Waals surface area contributed by atoms with E-state index in [-0.39, 0.29) is 34.0 Å². The predicted molar refractivity (Wildman–Crippen MR) is 92.1 cm³/mol. The molecule has 2 atom stereocenters. The van der Waals surface area contributed by atoms with E-state index in [1.165, 1.54) is 12.1 Å². The Kier molecular flexibility index (Phi) is 4.06. The highest BCUT2D eigenvalue weighted by molar-refractivity contribution is 6.32. The Morgan fingerprint density at radius 3 is 2.48 bits per heavy atom. The number of para-hydroxylation sites is 1. The van der Waals surface area contributed by atoms with Gasteiger partial charge in [0.15, 0.2) is 5.65 Å². The summed E-state index contributed by atoms with van der Waals surface area (Å²) in [5, 5.41) is 3.05. The Morgan fingerprint density at radius 1 is 1.15 bits per heavy atom. The number of benzene rings is 1. The number of rotatable bonds is 3. The number of aromatic nitrogens is 3. The minimum absolute atomic E-state index is 0.00956. The Morgan fingerprint density at radius 2 is 1.85 bits per heavy atom. The lowest BCUT2D eigenvalue weighted by atomic mass is 10.2. The fraction of sp³-hybridized carbons (Fsp3) is 0.235. The molecule has 0 spiro atoms. The molecule has 140 valence electrons. The molecule has 1 aliphatic carbocycles. The van der Waals surface area contributed by atoms with E-state index in [2.05, 4.69) is 15.3 Å². The van der Waals surface area contributed by atoms with Crippen LogP contribution in [0.2, 0.25) is 5.02 Å². The van der Waals surface area contributed by atoms with E-state index in [0.717, 1.165) is 16.7 Å². The van der Waals surface area contributed by atoms with Crippen molar-refractivity contribution in [2.24, 2.45) is 0 Å². The molecule has 1 N–H and O–H groups in total. The van der Waals surface area contributed by atoms with Gasteiger partial charge in [-0.3, -0.25) is 0 Å². The van der Waals surface area contributed by atoms with Crippen LogP contribution in [-0.4, -0.2) is 26.7 Å². The molecule has 0 radical (unpaired) electrons. The molecule has 27 heavy (non-hydrogen) atoms. The van der Waals surface area contributed by atoms with Gasteiger partial charge < -0.3 is 5.32 Å². The van der Waals surface area contributed by atoms with E-state index in [1.54, 1.807) is 12.1 Å². The first kappa shape index (κ1) is 17.7. The summed E-state index contributed by atoms with van der Waals surface area (Å²) >= 11 is 6.11. The molecule has 0 bridgehead atoms. The fourth-order valence-corrected chi connectivity index (χ4v) is 2.93. The standard InChI is InChI=1S/C17H11ClF4N4O/c18-9-3-1-2-4-12(9)26-15-8(5-6-13(24-15)17(20,21)22)14(25-16(26)27)23-11-7-10(11)19/h1-6,10-11H,7H2,(H,23,25,27)/t10-,11?/m0/s1. The van der Waals surface area contributed by atoms with Crippen LogP contribution < -0.4 is 11.0 Å². The van der Waals surface area contributed by atoms with Crippen molar-refractivity contribution in [1.82, 2.24) is 14.5 Å². The van der Waals surface area contributed by atoms with E-state index in [9.17, 15) is 22.4 Å². The number of halogens is 5. The van der Waals surface area contributed by atoms with Crippen molar-refractivity contribution in [3.05, 3.63) is 57.6 Å². The number of nitrogens with zero attached hydrogens (tertiary/aromatic N) is 3. The zero-order valence-corrected chi connectivity index (χ0v) is 14.2. The van der Waals surface area contributed by atoms with E-state index >= 15 is 0 Å². The van der Waals surface area contributed by atoms with Gasteiger partial charge in [-0.2, -0.15) is 18.2 Å². The third-order valence-corrected chi connectivity index (χ3v) is 4.48. The van der Waals surface area contributed by atoms with Crippen molar-refractivity contribution < 1.29 is 17.6 Å². The van der Waals surface area contributed by atoms with Crippen LogP contribution in [0.5, 0.6) is 0 Å². The van der Waals surface area contributed by atoms with Crippen LogP contribution in [0.3, 0.4) is 0 Å². The second-order valence-corrected chi connectivity index (χ2v) is 6.50. The zero-order valence-electron chi connectivity index (χ0n) is 13.5. The SMILES string of the molecule is O=c1nc(NC2C[C@@H]2F)c2ccc(C(F)(F)F)nc2n1-c1ccccc1Cl. The van der Waals surface area contributed by atoms with Gasteiger partial charge in [-0.15, -0.1) is 0 Å². The van der Waals surface area contributed by atoms with Crippen molar-refractivity contribution >= 4 is 28.5 Å². The van der Waals surface area contributed by atoms with E-state index in [0.29, 0.717) is 0 Å². The summed E-state index contributed by atoms with van der Waals surface area (Å²) in [7, 11) is 0. The fourth-order valence-electron chi connectivity index (χ4n) is 2.71. The molecule has 1 unspecified atom stereocenters. The van der Waals surface area contributed by atoms with Crippen LogP contribution in [0.1, 0.15) is 12.1 Å². The first-order valence-corrected chi connectivity index (χ1v) is 8.30. The molecule has 1 saturated carbocycles. The van der Waals surface area contributed by atoms with Crippen LogP contribution in [0, 0.1) is 0 Å². The third kappa shape index (κ3) is 3.23. The summed E-state index contributed by atoms with van der Waals surface area (Å²) in [5.41, 5.74) is -2.16. The number of fused-ring (bicyclic) bond motifs is 1. The Bertz CT molecular complexity index is 1100. The second-order valence-electron chi connectivity index (χ2n) is 6.10. The second kappa shape index (κ2) is 6.19. The maximum absolute atomic E-state index is 13.2. The smallest absolute Gasteiger partial charge is 0.364 e. The lowest BCUT2D eigenvalue weighted by Gasteiger charge is -2.15. The lowest BCUT2D eigenvalue weighted by molar-refractivity contribution is -0.141. The van der Waals surface area contributed by atoms with Gasteiger partial charge in [0.25, 0.3) is 0 Å². The summed E-state index contributed by atoms with van der Waals surface area (Å²) in [6, 6.07) is 7.58. The van der Waals surface area contributed by atoms with Crippen LogP contribution in [0.15, 0.2) is 41.2 Å². The highest BCUT2D eigenvalue weighted by Gasteiger charge is 2.38. The van der Waals surface area contributed by atoms with Gasteiger partial charge in [0.05, 0.1) is 22.1 Å². The first-order chi connectivity index (χ1) is 12.8. The van der Waals surface area contributed by atoms with Gasteiger partial charge in [-0.1, -0.05) is 23.7 Å². The van der Waals surface area contributed by atoms with Gasteiger partial charge in [0.1, 0.15) is 17.7 Å². The van der Waals surface area contributed by atoms with Gasteiger partial charge in [-0.05, 0) is 24.3 Å². The van der Waals surface area contributed by atoms with Crippen molar-refractivity contribution in [3.63, 3.8) is 0 Å². The molecule has 0 aliphatic heterocycles. The Labute approximate surface area is 154 Å². The molecule has 3 aromatic rings. The molecule has 2 aromatic heterocycles. The number of hydrogen-bond acceptors (Lipinski definition) is 4. The summed E-state index contributed by atoms with van der Waals surface area (Å²) in [6.45, 7) is 0. The number of hydrogen-bond donors (Lipinski definition) is 1. The van der Waals surface area contributed by atoms with Crippen LogP contribution in [0.25, 0.3) is 16.7 Å². The topological polar surface area (TPSA) is 59.8 Å². The summed E-state index contributed by atoms with van der Waals surface area (Å²) in [4.78, 5) is 20.1. The van der Waals surface area contributed by atoms with Crippen LogP contribution >= 0.6 is 11.6 Å². The molecule has 1 aliphatic rings. The average Bonchev–Trinajstić information content (AvgIpc) is 3.30. The molecule has 5 nitrogen and oxygen atoms in total. The molecular weight excluding hydrogens is 388 g/mol. The largest absolute Gasteiger partial charge is 0.433 e. The van der Waals surface area contributed by atoms with Gasteiger partial charge in [0, 0.05) is 6.42 Å². The average molecular weight is 399 g/mol. The zero-order chi connectivity index (χ0) is 19.3.